The van der Waals surface area contributed by atoms with Gasteiger partial charge in [-0.25, -0.2) is 15.0 Å². The van der Waals surface area contributed by atoms with Crippen LogP contribution in [0, 0.1) is 0 Å². The molecule has 0 bridgehead atoms. The highest BCUT2D eigenvalue weighted by Crippen LogP contribution is 2.10. The van der Waals surface area contributed by atoms with Gasteiger partial charge in [-0.15, -0.1) is 0 Å². The zero-order chi connectivity index (χ0) is 13.6. The topological polar surface area (TPSA) is 119 Å². The predicted molar refractivity (Wildman–Crippen MR) is 65.5 cm³/mol. The van der Waals surface area contributed by atoms with Crippen LogP contribution in [-0.4, -0.2) is 27.9 Å². The van der Waals surface area contributed by atoms with Crippen molar-refractivity contribution in [1.29, 1.82) is 0 Å². The number of benzene rings is 1. The summed E-state index contributed by atoms with van der Waals surface area (Å²) in [6, 6.07) is 5.29. The number of hydrogen-bond donors (Lipinski definition) is 2. The third-order valence-electron chi connectivity index (χ3n) is 1.64. The number of aromatic nitrogens is 3. The van der Waals surface area contributed by atoms with Gasteiger partial charge < -0.3 is 5.73 Å². The molecule has 0 saturated heterocycles. The summed E-state index contributed by atoms with van der Waals surface area (Å²) in [6.07, 6.45) is 2.69. The van der Waals surface area contributed by atoms with E-state index < -0.39 is 10.1 Å². The van der Waals surface area contributed by atoms with Gasteiger partial charge in [0.1, 0.15) is 12.7 Å². The molecule has 0 saturated carbocycles. The fourth-order valence-electron chi connectivity index (χ4n) is 0.865. The monoisotopic (exact) mass is 288 g/mol. The van der Waals surface area contributed by atoms with E-state index in [-0.39, 0.29) is 10.2 Å². The molecular formula is C9H9ClN4O3S. The first-order chi connectivity index (χ1) is 8.39. The van der Waals surface area contributed by atoms with Crippen molar-refractivity contribution in [2.45, 2.75) is 4.90 Å². The lowest BCUT2D eigenvalue weighted by Gasteiger charge is -1.95. The van der Waals surface area contributed by atoms with E-state index in [2.05, 4.69) is 15.0 Å². The molecule has 0 aliphatic carbocycles. The van der Waals surface area contributed by atoms with Crippen LogP contribution in [0.2, 0.25) is 5.28 Å². The van der Waals surface area contributed by atoms with Gasteiger partial charge in [0.15, 0.2) is 0 Å². The molecule has 0 spiro atoms. The number of halogens is 1. The molecule has 1 aromatic carbocycles. The van der Waals surface area contributed by atoms with Crippen molar-refractivity contribution < 1.29 is 13.0 Å². The molecule has 1 heterocycles. The van der Waals surface area contributed by atoms with Gasteiger partial charge in [-0.1, -0.05) is 0 Å². The first kappa shape index (κ1) is 14.3. The van der Waals surface area contributed by atoms with Gasteiger partial charge in [-0.2, -0.15) is 8.42 Å². The first-order valence-electron chi connectivity index (χ1n) is 4.50. The molecule has 18 heavy (non-hydrogen) atoms. The first-order valence-corrected chi connectivity index (χ1v) is 6.32. The second kappa shape index (κ2) is 6.24. The minimum absolute atomic E-state index is 0.147. The molecule has 9 heteroatoms. The van der Waals surface area contributed by atoms with Crippen LogP contribution >= 0.6 is 11.6 Å². The lowest BCUT2D eigenvalue weighted by Crippen LogP contribution is -1.97. The van der Waals surface area contributed by atoms with Crippen molar-refractivity contribution in [1.82, 2.24) is 15.0 Å². The lowest BCUT2D eigenvalue weighted by molar-refractivity contribution is 0.483. The van der Waals surface area contributed by atoms with E-state index in [0.717, 1.165) is 0 Å². The van der Waals surface area contributed by atoms with E-state index in [0.29, 0.717) is 5.69 Å². The van der Waals surface area contributed by atoms with Gasteiger partial charge in [-0.05, 0) is 35.9 Å². The zero-order valence-corrected chi connectivity index (χ0v) is 10.5. The van der Waals surface area contributed by atoms with Crippen molar-refractivity contribution in [2.24, 2.45) is 0 Å². The third-order valence-corrected chi connectivity index (χ3v) is 2.70. The minimum atomic E-state index is -4.08. The van der Waals surface area contributed by atoms with E-state index in [1.54, 1.807) is 0 Å². The van der Waals surface area contributed by atoms with Crippen LogP contribution in [0.3, 0.4) is 0 Å². The fourth-order valence-corrected chi connectivity index (χ4v) is 1.43. The summed E-state index contributed by atoms with van der Waals surface area (Å²) in [4.78, 5) is 10.4. The van der Waals surface area contributed by atoms with Crippen molar-refractivity contribution in [3.05, 3.63) is 42.2 Å². The second-order valence-corrected chi connectivity index (χ2v) is 4.71. The second-order valence-electron chi connectivity index (χ2n) is 2.95. The maximum Gasteiger partial charge on any atom is 0.294 e. The zero-order valence-electron chi connectivity index (χ0n) is 8.93. The average molecular weight is 289 g/mol. The van der Waals surface area contributed by atoms with Crippen molar-refractivity contribution in [3.63, 3.8) is 0 Å². The Hall–Kier alpha value is -1.77. The fraction of sp³-hybridized carbons (Fsp3) is 0. The summed E-state index contributed by atoms with van der Waals surface area (Å²) in [7, 11) is -4.08. The number of rotatable bonds is 1. The van der Waals surface area contributed by atoms with E-state index in [1.165, 1.54) is 36.9 Å². The molecule has 0 aliphatic rings. The molecule has 0 fully saturated rings. The Labute approximate surface area is 108 Å². The number of hydrogen-bond acceptors (Lipinski definition) is 6. The van der Waals surface area contributed by atoms with Gasteiger partial charge in [0.25, 0.3) is 10.1 Å². The molecule has 0 atom stereocenters. The van der Waals surface area contributed by atoms with Crippen LogP contribution in [0.15, 0.2) is 41.8 Å². The van der Waals surface area contributed by atoms with Crippen LogP contribution in [0.4, 0.5) is 5.69 Å². The third kappa shape index (κ3) is 5.04. The highest BCUT2D eigenvalue weighted by molar-refractivity contribution is 7.85. The van der Waals surface area contributed by atoms with Gasteiger partial charge in [0, 0.05) is 5.69 Å². The summed E-state index contributed by atoms with van der Waals surface area (Å²) >= 11 is 5.28. The van der Waals surface area contributed by atoms with E-state index in [9.17, 15) is 8.42 Å². The van der Waals surface area contributed by atoms with Crippen LogP contribution in [0.5, 0.6) is 0 Å². The average Bonchev–Trinajstić information content (AvgIpc) is 2.30. The summed E-state index contributed by atoms with van der Waals surface area (Å²) < 4.78 is 29.4. The van der Waals surface area contributed by atoms with E-state index >= 15 is 0 Å². The number of nitrogens with zero attached hydrogens (tertiary/aromatic N) is 3. The highest BCUT2D eigenvalue weighted by atomic mass is 35.5. The minimum Gasteiger partial charge on any atom is -0.399 e. The van der Waals surface area contributed by atoms with E-state index in [1.807, 2.05) is 0 Å². The molecular weight excluding hydrogens is 280 g/mol. The van der Waals surface area contributed by atoms with Gasteiger partial charge in [0.05, 0.1) is 4.90 Å². The number of nitrogens with two attached hydrogens (primary N) is 1. The molecule has 1 aromatic heterocycles. The predicted octanol–water partition coefficient (Wildman–Crippen LogP) is 1.04. The van der Waals surface area contributed by atoms with Crippen LogP contribution in [-0.2, 0) is 10.1 Å². The Kier molecular flexibility index (Phi) is 4.95. The van der Waals surface area contributed by atoms with Crippen LogP contribution < -0.4 is 5.73 Å². The smallest absolute Gasteiger partial charge is 0.294 e. The summed E-state index contributed by atoms with van der Waals surface area (Å²) in [5, 5.41) is 0.231. The molecule has 0 aliphatic heterocycles. The van der Waals surface area contributed by atoms with Crippen molar-refractivity contribution >= 4 is 27.4 Å². The molecule has 3 N–H and O–H groups in total. The largest absolute Gasteiger partial charge is 0.399 e. The van der Waals surface area contributed by atoms with Crippen LogP contribution in [0.1, 0.15) is 0 Å². The molecule has 0 radical (unpaired) electrons. The van der Waals surface area contributed by atoms with Crippen molar-refractivity contribution in [2.75, 3.05) is 5.73 Å². The normalized spacial score (nSPS) is 10.3. The maximum atomic E-state index is 10.5. The quantitative estimate of drug-likeness (QED) is 0.594. The number of anilines is 1. The highest BCUT2D eigenvalue weighted by Gasteiger charge is 2.06. The standard InChI is InChI=1S/C6H7NO3S.C3H2ClN3/c7-5-1-3-6(4-2-5)11(8,9)10;4-3-6-1-5-2-7-3/h1-4H,7H2,(H,8,9,10);1-2H. The Morgan fingerprint density at radius 3 is 1.94 bits per heavy atom. The van der Waals surface area contributed by atoms with Gasteiger partial charge in [0.2, 0.25) is 5.28 Å². The summed E-state index contributed by atoms with van der Waals surface area (Å²) in [5.41, 5.74) is 5.75. The number of nitrogen functional groups attached to an aromatic ring is 1. The molecule has 7 nitrogen and oxygen atoms in total. The van der Waals surface area contributed by atoms with E-state index in [4.69, 9.17) is 21.9 Å². The Bertz CT molecular complexity index is 589. The molecule has 0 amide bonds. The molecule has 0 unspecified atom stereocenters. The van der Waals surface area contributed by atoms with Gasteiger partial charge in [-0.3, -0.25) is 4.55 Å². The molecule has 96 valence electrons. The molecule has 2 aromatic rings. The summed E-state index contributed by atoms with van der Waals surface area (Å²) in [5.74, 6) is 0. The SMILES string of the molecule is Clc1ncncn1.Nc1ccc(S(=O)(=O)O)cc1. The summed E-state index contributed by atoms with van der Waals surface area (Å²) in [6.45, 7) is 0. The molecule has 2 rings (SSSR count). The maximum absolute atomic E-state index is 10.5. The Balaban J connectivity index is 0.000000199. The van der Waals surface area contributed by atoms with Crippen molar-refractivity contribution in [3.8, 4) is 0 Å². The lowest BCUT2D eigenvalue weighted by atomic mass is 10.3. The Morgan fingerprint density at radius 2 is 1.61 bits per heavy atom. The van der Waals surface area contributed by atoms with Gasteiger partial charge >= 0.3 is 0 Å². The van der Waals surface area contributed by atoms with Crippen LogP contribution in [0.25, 0.3) is 0 Å². The Morgan fingerprint density at radius 1 is 1.11 bits per heavy atom.